The van der Waals surface area contributed by atoms with Crippen molar-refractivity contribution in [1.82, 2.24) is 5.32 Å². The Balaban J connectivity index is 2.00. The third-order valence-corrected chi connectivity index (χ3v) is 4.34. The van der Waals surface area contributed by atoms with Gasteiger partial charge >= 0.3 is 0 Å². The molecule has 0 saturated carbocycles. The Bertz CT molecular complexity index is 547. The summed E-state index contributed by atoms with van der Waals surface area (Å²) in [5.74, 6) is 0. The molecule has 1 aliphatic heterocycles. The second kappa shape index (κ2) is 5.18. The first-order valence-corrected chi connectivity index (χ1v) is 7.21. The second-order valence-corrected chi connectivity index (χ2v) is 5.43. The maximum atomic E-state index is 3.79. The molecule has 1 unspecified atom stereocenters. The fourth-order valence-corrected chi connectivity index (χ4v) is 3.28. The Morgan fingerprint density at radius 3 is 2.53 bits per heavy atom. The third-order valence-electron chi connectivity index (χ3n) is 4.34. The predicted molar refractivity (Wildman–Crippen MR) is 80.3 cm³/mol. The van der Waals surface area contributed by atoms with Gasteiger partial charge in [-0.1, -0.05) is 61.5 Å². The molecular formula is C18H21N. The molecular weight excluding hydrogens is 230 g/mol. The van der Waals surface area contributed by atoms with Crippen LogP contribution in [0.25, 0.3) is 0 Å². The van der Waals surface area contributed by atoms with Crippen molar-refractivity contribution in [3.05, 3.63) is 71.3 Å². The zero-order valence-corrected chi connectivity index (χ0v) is 11.5. The molecule has 1 heteroatoms. The molecule has 0 amide bonds. The zero-order chi connectivity index (χ0) is 13.1. The number of hydrogen-bond acceptors (Lipinski definition) is 1. The van der Waals surface area contributed by atoms with Crippen LogP contribution < -0.4 is 5.32 Å². The predicted octanol–water partition coefficient (Wildman–Crippen LogP) is 3.68. The van der Waals surface area contributed by atoms with Crippen LogP contribution in [0.5, 0.6) is 0 Å². The summed E-state index contributed by atoms with van der Waals surface area (Å²) in [4.78, 5) is 0. The molecule has 19 heavy (non-hydrogen) atoms. The van der Waals surface area contributed by atoms with Gasteiger partial charge in [0.1, 0.15) is 0 Å². The van der Waals surface area contributed by atoms with E-state index in [9.17, 15) is 0 Å². The summed E-state index contributed by atoms with van der Waals surface area (Å²) >= 11 is 0. The van der Waals surface area contributed by atoms with E-state index in [2.05, 4.69) is 66.8 Å². The third kappa shape index (κ3) is 2.31. The van der Waals surface area contributed by atoms with Crippen LogP contribution in [0.4, 0.5) is 0 Å². The van der Waals surface area contributed by atoms with E-state index in [4.69, 9.17) is 0 Å². The second-order valence-electron chi connectivity index (χ2n) is 5.43. The van der Waals surface area contributed by atoms with Crippen LogP contribution in [0.1, 0.15) is 30.0 Å². The molecule has 1 nitrogen and oxygen atoms in total. The topological polar surface area (TPSA) is 12.0 Å². The normalized spacial score (nSPS) is 21.9. The SMILES string of the molecule is CCC1(Cc2ccccc2)NCCc2ccccc21. The van der Waals surface area contributed by atoms with Crippen LogP contribution in [0.2, 0.25) is 0 Å². The number of benzene rings is 2. The Morgan fingerprint density at radius 2 is 1.74 bits per heavy atom. The average Bonchev–Trinajstić information content (AvgIpc) is 2.49. The largest absolute Gasteiger partial charge is 0.307 e. The van der Waals surface area contributed by atoms with Gasteiger partial charge in [-0.25, -0.2) is 0 Å². The lowest BCUT2D eigenvalue weighted by atomic mass is 9.76. The minimum Gasteiger partial charge on any atom is -0.307 e. The quantitative estimate of drug-likeness (QED) is 0.877. The lowest BCUT2D eigenvalue weighted by Gasteiger charge is -2.40. The summed E-state index contributed by atoms with van der Waals surface area (Å²) in [6.07, 6.45) is 3.34. The van der Waals surface area contributed by atoms with E-state index in [-0.39, 0.29) is 5.54 Å². The number of rotatable bonds is 3. The van der Waals surface area contributed by atoms with Crippen molar-refractivity contribution >= 4 is 0 Å². The summed E-state index contributed by atoms with van der Waals surface area (Å²) in [7, 11) is 0. The molecule has 0 aliphatic carbocycles. The maximum absolute atomic E-state index is 3.79. The first kappa shape index (κ1) is 12.4. The highest BCUT2D eigenvalue weighted by molar-refractivity contribution is 5.38. The molecule has 1 atom stereocenters. The fraction of sp³-hybridized carbons (Fsp3) is 0.333. The minimum absolute atomic E-state index is 0.107. The van der Waals surface area contributed by atoms with Crippen LogP contribution in [0.3, 0.4) is 0 Å². The van der Waals surface area contributed by atoms with Crippen molar-refractivity contribution < 1.29 is 0 Å². The maximum Gasteiger partial charge on any atom is 0.0475 e. The van der Waals surface area contributed by atoms with Crippen molar-refractivity contribution in [2.24, 2.45) is 0 Å². The van der Waals surface area contributed by atoms with Gasteiger partial charge in [0, 0.05) is 12.1 Å². The van der Waals surface area contributed by atoms with Gasteiger partial charge in [-0.15, -0.1) is 0 Å². The Kier molecular flexibility index (Phi) is 3.39. The van der Waals surface area contributed by atoms with E-state index in [0.717, 1.165) is 25.8 Å². The molecule has 2 aromatic rings. The highest BCUT2D eigenvalue weighted by atomic mass is 15.0. The molecule has 1 N–H and O–H groups in total. The fourth-order valence-electron chi connectivity index (χ4n) is 3.28. The molecule has 0 spiro atoms. The summed E-state index contributed by atoms with van der Waals surface area (Å²) < 4.78 is 0. The van der Waals surface area contributed by atoms with E-state index in [1.807, 2.05) is 0 Å². The van der Waals surface area contributed by atoms with Gasteiger partial charge in [-0.3, -0.25) is 0 Å². The number of fused-ring (bicyclic) bond motifs is 1. The van der Waals surface area contributed by atoms with Gasteiger partial charge in [0.05, 0.1) is 0 Å². The molecule has 98 valence electrons. The van der Waals surface area contributed by atoms with Gasteiger partial charge in [0.2, 0.25) is 0 Å². The summed E-state index contributed by atoms with van der Waals surface area (Å²) in [6.45, 7) is 3.37. The van der Waals surface area contributed by atoms with Gasteiger partial charge in [-0.2, -0.15) is 0 Å². The number of nitrogens with one attached hydrogen (secondary N) is 1. The van der Waals surface area contributed by atoms with Crippen molar-refractivity contribution in [1.29, 1.82) is 0 Å². The molecule has 3 rings (SSSR count). The van der Waals surface area contributed by atoms with Crippen LogP contribution in [-0.4, -0.2) is 6.54 Å². The molecule has 0 aromatic heterocycles. The molecule has 0 saturated heterocycles. The van der Waals surface area contributed by atoms with Crippen molar-refractivity contribution in [3.8, 4) is 0 Å². The van der Waals surface area contributed by atoms with E-state index < -0.39 is 0 Å². The Morgan fingerprint density at radius 1 is 1.00 bits per heavy atom. The van der Waals surface area contributed by atoms with Crippen molar-refractivity contribution in [2.45, 2.75) is 31.7 Å². The van der Waals surface area contributed by atoms with E-state index in [0.29, 0.717) is 0 Å². The highest BCUT2D eigenvalue weighted by Gasteiger charge is 2.34. The smallest absolute Gasteiger partial charge is 0.0475 e. The van der Waals surface area contributed by atoms with Gasteiger partial charge < -0.3 is 5.32 Å². The number of hydrogen-bond donors (Lipinski definition) is 1. The van der Waals surface area contributed by atoms with Gasteiger partial charge in [0.15, 0.2) is 0 Å². The van der Waals surface area contributed by atoms with Gasteiger partial charge in [-0.05, 0) is 36.0 Å². The summed E-state index contributed by atoms with van der Waals surface area (Å²) in [5.41, 5.74) is 4.52. The summed E-state index contributed by atoms with van der Waals surface area (Å²) in [5, 5.41) is 3.79. The van der Waals surface area contributed by atoms with Crippen LogP contribution in [0, 0.1) is 0 Å². The van der Waals surface area contributed by atoms with Crippen LogP contribution >= 0.6 is 0 Å². The average molecular weight is 251 g/mol. The Labute approximate surface area is 115 Å². The summed E-state index contributed by atoms with van der Waals surface area (Å²) in [6, 6.07) is 19.7. The monoisotopic (exact) mass is 251 g/mol. The minimum atomic E-state index is 0.107. The molecule has 0 bridgehead atoms. The molecule has 0 radical (unpaired) electrons. The van der Waals surface area contributed by atoms with E-state index >= 15 is 0 Å². The standard InChI is InChI=1S/C18H21N/c1-2-18(14-15-8-4-3-5-9-15)17-11-7-6-10-16(17)12-13-19-18/h3-11,19H,2,12-14H2,1H3. The highest BCUT2D eigenvalue weighted by Crippen LogP contribution is 2.34. The van der Waals surface area contributed by atoms with Gasteiger partial charge in [0.25, 0.3) is 0 Å². The molecule has 1 aliphatic rings. The molecule has 2 aromatic carbocycles. The molecule has 0 fully saturated rings. The van der Waals surface area contributed by atoms with Crippen LogP contribution in [-0.2, 0) is 18.4 Å². The molecule has 1 heterocycles. The van der Waals surface area contributed by atoms with Crippen molar-refractivity contribution in [3.63, 3.8) is 0 Å². The zero-order valence-electron chi connectivity index (χ0n) is 11.5. The van der Waals surface area contributed by atoms with E-state index in [1.165, 1.54) is 16.7 Å². The lowest BCUT2D eigenvalue weighted by Crippen LogP contribution is -2.48. The lowest BCUT2D eigenvalue weighted by molar-refractivity contribution is 0.301. The Hall–Kier alpha value is -1.60. The first-order valence-electron chi connectivity index (χ1n) is 7.21. The van der Waals surface area contributed by atoms with Crippen LogP contribution in [0.15, 0.2) is 54.6 Å². The van der Waals surface area contributed by atoms with E-state index in [1.54, 1.807) is 0 Å². The van der Waals surface area contributed by atoms with Crippen molar-refractivity contribution in [2.75, 3.05) is 6.54 Å². The first-order chi connectivity index (χ1) is 9.34.